The molecule has 0 N–H and O–H groups in total. The molecule has 0 spiro atoms. The standard InChI is InChI=1S/2C66H46N2/c1-4-19-53(20-5-1)67(54-21-6-2-7-22-54)57-43-45-58(46-44-57)68(55-23-8-3-9-24-55)56-41-39-52(40-42-56)66-63-28-14-12-26-61(63)65(62-27-13-15-29-64(62)66)51-37-33-48(34-38-51)47-31-35-50(36-32-47)60-30-16-18-49-17-10-11-25-59(49)60;1-4-18-55(19-5-1)67(56-20-6-2-7-21-56)59-42-44-60(45-43-59)68(57-22-8-3-9-23-57)58-40-38-52(39-41-58)66-63-26-14-12-24-61(63)65(62-25-13-15-27-64(62)66)51-35-32-49(33-36-51)48-28-30-50(31-29-48)54-37-34-47-16-10-11-17-53(47)46-54/h2*1-46H. The van der Waals surface area contributed by atoms with Crippen LogP contribution in [0.15, 0.2) is 558 Å². The Morgan fingerprint density at radius 1 is 0.0956 bits per heavy atom. The third-order valence-corrected chi connectivity index (χ3v) is 26.5. The Balaban J connectivity index is 0.000000153. The quantitative estimate of drug-likeness (QED) is 0.0705. The molecule has 0 aromatic heterocycles. The molecule has 24 rings (SSSR count). The van der Waals surface area contributed by atoms with E-state index in [-0.39, 0.29) is 0 Å². The zero-order chi connectivity index (χ0) is 90.5. The molecule has 0 unspecified atom stereocenters. The van der Waals surface area contributed by atoms with Gasteiger partial charge in [0.05, 0.1) is 0 Å². The van der Waals surface area contributed by atoms with Gasteiger partial charge in [0.2, 0.25) is 0 Å². The molecule has 0 radical (unpaired) electrons. The van der Waals surface area contributed by atoms with Crippen LogP contribution in [-0.2, 0) is 0 Å². The summed E-state index contributed by atoms with van der Waals surface area (Å²) < 4.78 is 0. The van der Waals surface area contributed by atoms with Gasteiger partial charge in [-0.05, 0) is 305 Å². The predicted molar refractivity (Wildman–Crippen MR) is 580 cm³/mol. The molecule has 4 heteroatoms. The number of nitrogens with zero attached hydrogens (tertiary/aromatic N) is 4. The number of benzene rings is 24. The van der Waals surface area contributed by atoms with E-state index in [1.54, 1.807) is 0 Å². The second-order valence-corrected chi connectivity index (χ2v) is 34.6. The number of para-hydroxylation sites is 6. The Morgan fingerprint density at radius 2 is 0.272 bits per heavy atom. The average molecular weight is 1730 g/mol. The fourth-order valence-electron chi connectivity index (χ4n) is 20.0. The van der Waals surface area contributed by atoms with Crippen LogP contribution in [-0.4, -0.2) is 0 Å². The molecule has 0 aliphatic heterocycles. The van der Waals surface area contributed by atoms with Crippen LogP contribution < -0.4 is 19.6 Å². The van der Waals surface area contributed by atoms with Gasteiger partial charge in [0.15, 0.2) is 0 Å². The third kappa shape index (κ3) is 16.3. The zero-order valence-corrected chi connectivity index (χ0v) is 74.9. The first-order chi connectivity index (χ1) is 67.5. The van der Waals surface area contributed by atoms with E-state index in [0.717, 1.165) is 68.2 Å². The smallest absolute Gasteiger partial charge is 0.0463 e. The topological polar surface area (TPSA) is 13.0 Å². The summed E-state index contributed by atoms with van der Waals surface area (Å²) >= 11 is 0. The molecule has 136 heavy (non-hydrogen) atoms. The van der Waals surface area contributed by atoms with Gasteiger partial charge in [0, 0.05) is 68.2 Å². The highest BCUT2D eigenvalue weighted by Crippen LogP contribution is 2.50. The van der Waals surface area contributed by atoms with Crippen LogP contribution in [0.1, 0.15) is 0 Å². The van der Waals surface area contributed by atoms with Gasteiger partial charge in [-0.3, -0.25) is 0 Å². The monoisotopic (exact) mass is 1730 g/mol. The molecule has 640 valence electrons. The highest BCUT2D eigenvalue weighted by Gasteiger charge is 2.24. The average Bonchev–Trinajstić information content (AvgIpc) is 0.735. The molecule has 0 saturated heterocycles. The molecular weight excluding hydrogens is 1640 g/mol. The molecule has 0 aliphatic rings. The van der Waals surface area contributed by atoms with E-state index in [1.165, 1.54) is 154 Å². The zero-order valence-electron chi connectivity index (χ0n) is 74.9. The largest absolute Gasteiger partial charge is 0.311 e. The summed E-state index contributed by atoms with van der Waals surface area (Å²) in [5.41, 5.74) is 32.7. The molecule has 0 bridgehead atoms. The van der Waals surface area contributed by atoms with Gasteiger partial charge >= 0.3 is 0 Å². The number of hydrogen-bond acceptors (Lipinski definition) is 4. The van der Waals surface area contributed by atoms with Gasteiger partial charge in [0.25, 0.3) is 0 Å². The number of anilines is 12. The maximum Gasteiger partial charge on any atom is 0.0463 e. The minimum absolute atomic E-state index is 1.08. The van der Waals surface area contributed by atoms with Crippen molar-refractivity contribution in [1.29, 1.82) is 0 Å². The van der Waals surface area contributed by atoms with Crippen molar-refractivity contribution >= 4 is 133 Å². The predicted octanol–water partition coefficient (Wildman–Crippen LogP) is 37.5. The Bertz CT molecular complexity index is 8150. The van der Waals surface area contributed by atoms with Gasteiger partial charge in [-0.15, -0.1) is 0 Å². The Labute approximate surface area is 794 Å². The fraction of sp³-hybridized carbons (Fsp3) is 0. The highest BCUT2D eigenvalue weighted by molar-refractivity contribution is 6.23. The Kier molecular flexibility index (Phi) is 22.5. The van der Waals surface area contributed by atoms with E-state index in [0.29, 0.717) is 0 Å². The van der Waals surface area contributed by atoms with E-state index >= 15 is 0 Å². The van der Waals surface area contributed by atoms with Crippen molar-refractivity contribution in [2.24, 2.45) is 0 Å². The van der Waals surface area contributed by atoms with Crippen LogP contribution >= 0.6 is 0 Å². The molecule has 0 atom stereocenters. The summed E-state index contributed by atoms with van der Waals surface area (Å²) in [4.78, 5) is 9.28. The molecule has 0 saturated carbocycles. The normalized spacial score (nSPS) is 11.2. The number of fused-ring (bicyclic) bond motifs is 6. The summed E-state index contributed by atoms with van der Waals surface area (Å²) in [6, 6.07) is 202. The lowest BCUT2D eigenvalue weighted by molar-refractivity contribution is 1.26. The van der Waals surface area contributed by atoms with Crippen LogP contribution in [0.4, 0.5) is 68.2 Å². The van der Waals surface area contributed by atoms with Gasteiger partial charge in [-0.2, -0.15) is 0 Å². The first-order valence-corrected chi connectivity index (χ1v) is 46.7. The third-order valence-electron chi connectivity index (χ3n) is 26.5. The number of hydrogen-bond donors (Lipinski definition) is 0. The summed E-state index contributed by atoms with van der Waals surface area (Å²) in [5.74, 6) is 0. The lowest BCUT2D eigenvalue weighted by Crippen LogP contribution is -2.12. The molecule has 4 nitrogen and oxygen atoms in total. The van der Waals surface area contributed by atoms with Crippen LogP contribution in [0.5, 0.6) is 0 Å². The van der Waals surface area contributed by atoms with Gasteiger partial charge < -0.3 is 19.6 Å². The minimum Gasteiger partial charge on any atom is -0.311 e. The van der Waals surface area contributed by atoms with Crippen molar-refractivity contribution in [1.82, 2.24) is 0 Å². The van der Waals surface area contributed by atoms with E-state index in [1.807, 2.05) is 0 Å². The van der Waals surface area contributed by atoms with Crippen molar-refractivity contribution < 1.29 is 0 Å². The van der Waals surface area contributed by atoms with Gasteiger partial charge in [-0.25, -0.2) is 0 Å². The summed E-state index contributed by atoms with van der Waals surface area (Å²) in [6.07, 6.45) is 0. The molecule has 0 heterocycles. The van der Waals surface area contributed by atoms with E-state index in [4.69, 9.17) is 0 Å². The van der Waals surface area contributed by atoms with E-state index in [2.05, 4.69) is 578 Å². The molecule has 24 aromatic rings. The number of rotatable bonds is 20. The van der Waals surface area contributed by atoms with Crippen LogP contribution in [0, 0.1) is 0 Å². The molecule has 0 aliphatic carbocycles. The van der Waals surface area contributed by atoms with Crippen molar-refractivity contribution in [2.45, 2.75) is 0 Å². The van der Waals surface area contributed by atoms with E-state index in [9.17, 15) is 0 Å². The van der Waals surface area contributed by atoms with Gasteiger partial charge in [-0.1, -0.05) is 406 Å². The Hall–Kier alpha value is -18.0. The van der Waals surface area contributed by atoms with Crippen molar-refractivity contribution in [3.8, 4) is 89.0 Å². The maximum atomic E-state index is 2.34. The van der Waals surface area contributed by atoms with Crippen molar-refractivity contribution in [3.63, 3.8) is 0 Å². The SMILES string of the molecule is c1ccc(N(c2ccccc2)c2ccc(N(c3ccccc3)c3ccc(-c4c5ccccc5c(-c5ccc(-c6ccc(-c7ccc8ccccc8c7)cc6)cc5)c5ccccc45)cc3)cc2)cc1.c1ccc(N(c2ccccc2)c2ccc(N(c3ccccc3)c3ccc(-c4c5ccccc5c(-c5ccc(-c6ccc(-c7cccc8ccccc78)cc6)cc5)c5ccccc45)cc3)cc2)cc1. The molecule has 24 aromatic carbocycles. The molecule has 0 amide bonds. The second-order valence-electron chi connectivity index (χ2n) is 34.6. The first kappa shape index (κ1) is 82.5. The van der Waals surface area contributed by atoms with Gasteiger partial charge in [0.1, 0.15) is 0 Å². The van der Waals surface area contributed by atoms with Crippen LogP contribution in [0.3, 0.4) is 0 Å². The Morgan fingerprint density at radius 3 is 0.544 bits per heavy atom. The molecule has 0 fully saturated rings. The highest BCUT2D eigenvalue weighted by atomic mass is 15.2. The van der Waals surface area contributed by atoms with Crippen molar-refractivity contribution in [2.75, 3.05) is 19.6 Å². The lowest BCUT2D eigenvalue weighted by atomic mass is 9.85. The van der Waals surface area contributed by atoms with Crippen molar-refractivity contribution in [3.05, 3.63) is 558 Å². The second kappa shape index (κ2) is 37.1. The van der Waals surface area contributed by atoms with E-state index < -0.39 is 0 Å². The first-order valence-electron chi connectivity index (χ1n) is 46.7. The summed E-state index contributed by atoms with van der Waals surface area (Å²) in [6.45, 7) is 0. The van der Waals surface area contributed by atoms with Crippen LogP contribution in [0.2, 0.25) is 0 Å². The van der Waals surface area contributed by atoms with Crippen LogP contribution in [0.25, 0.3) is 154 Å². The summed E-state index contributed by atoms with van der Waals surface area (Å²) in [7, 11) is 0. The summed E-state index contributed by atoms with van der Waals surface area (Å²) in [5, 5.41) is 15.0. The fourth-order valence-corrected chi connectivity index (χ4v) is 20.0. The minimum atomic E-state index is 1.08. The molecular formula is C132H92N4. The lowest BCUT2D eigenvalue weighted by Gasteiger charge is -2.28. The maximum absolute atomic E-state index is 2.34.